The van der Waals surface area contributed by atoms with Gasteiger partial charge in [-0.25, -0.2) is 4.79 Å². The average molecular weight is 565 g/mol. The zero-order valence-corrected chi connectivity index (χ0v) is 24.0. The number of aryl methyl sites for hydroxylation is 4. The molecule has 1 N–H and O–H groups in total. The van der Waals surface area contributed by atoms with E-state index in [9.17, 15) is 9.90 Å². The van der Waals surface area contributed by atoms with Gasteiger partial charge in [0.15, 0.2) is 0 Å². The summed E-state index contributed by atoms with van der Waals surface area (Å²) in [4.78, 5) is 12.8. The Labute approximate surface area is 230 Å². The van der Waals surface area contributed by atoms with Crippen LogP contribution in [-0.2, 0) is 49.7 Å². The van der Waals surface area contributed by atoms with E-state index in [1.54, 1.807) is 11.8 Å². The maximum atomic E-state index is 12.8. The molecule has 0 radical (unpaired) electrons. The molecule has 4 aromatic rings. The third-order valence-corrected chi connectivity index (χ3v) is 8.25. The van der Waals surface area contributed by atoms with Crippen LogP contribution in [0.25, 0.3) is 22.0 Å². The second kappa shape index (κ2) is 11.5. The number of carbonyl (C=O) groups excluding carboxylic acids is 1. The Morgan fingerprint density at radius 3 is 2.54 bits per heavy atom. The van der Waals surface area contributed by atoms with Crippen molar-refractivity contribution < 1.29 is 14.6 Å². The van der Waals surface area contributed by atoms with Crippen molar-refractivity contribution in [1.82, 2.24) is 24.1 Å². The van der Waals surface area contributed by atoms with Crippen LogP contribution < -0.4 is 0 Å². The maximum Gasteiger partial charge on any atom is 0.354 e. The van der Waals surface area contributed by atoms with Crippen molar-refractivity contribution >= 4 is 51.8 Å². The molecule has 8 nitrogen and oxygen atoms in total. The fraction of sp³-hybridized carbons (Fsp3) is 0.423. The minimum Gasteiger partial charge on any atom is -0.464 e. The highest BCUT2D eigenvalue weighted by atomic mass is 35.5. The van der Waals surface area contributed by atoms with E-state index in [0.29, 0.717) is 35.2 Å². The number of hydrogen-bond acceptors (Lipinski definition) is 6. The molecule has 37 heavy (non-hydrogen) atoms. The lowest BCUT2D eigenvalue weighted by Crippen LogP contribution is -2.10. The van der Waals surface area contributed by atoms with E-state index >= 15 is 0 Å². The highest BCUT2D eigenvalue weighted by Crippen LogP contribution is 2.42. The molecule has 11 heteroatoms. The van der Waals surface area contributed by atoms with E-state index in [1.807, 2.05) is 60.2 Å². The lowest BCUT2D eigenvalue weighted by Gasteiger charge is -2.11. The number of aromatic nitrogens is 5. The molecule has 198 valence electrons. The van der Waals surface area contributed by atoms with Crippen LogP contribution in [0.4, 0.5) is 0 Å². The molecule has 0 atom stereocenters. The van der Waals surface area contributed by atoms with E-state index in [-0.39, 0.29) is 6.61 Å². The topological polar surface area (TPSA) is 87.1 Å². The molecule has 0 aliphatic heterocycles. The van der Waals surface area contributed by atoms with Crippen LogP contribution in [0.2, 0.25) is 5.02 Å². The van der Waals surface area contributed by atoms with E-state index in [2.05, 4.69) is 5.10 Å². The van der Waals surface area contributed by atoms with Gasteiger partial charge in [0.2, 0.25) is 0 Å². The number of esters is 1. The van der Waals surface area contributed by atoms with Crippen LogP contribution in [0, 0.1) is 6.92 Å². The molecular formula is C26H31Cl2N5O3S. The minimum absolute atomic E-state index is 0.0309. The van der Waals surface area contributed by atoms with Crippen molar-refractivity contribution in [3.8, 4) is 11.1 Å². The van der Waals surface area contributed by atoms with Crippen LogP contribution in [0.5, 0.6) is 0 Å². The summed E-state index contributed by atoms with van der Waals surface area (Å²) < 4.78 is 10.7. The van der Waals surface area contributed by atoms with Gasteiger partial charge < -0.3 is 14.4 Å². The lowest BCUT2D eigenvalue weighted by molar-refractivity contribution is 0.0589. The predicted molar refractivity (Wildman–Crippen MR) is 149 cm³/mol. The number of ether oxygens (including phenoxy) is 1. The quantitative estimate of drug-likeness (QED) is 0.212. The highest BCUT2D eigenvalue weighted by molar-refractivity contribution is 7.97. The lowest BCUT2D eigenvalue weighted by atomic mass is 9.98. The largest absolute Gasteiger partial charge is 0.464 e. The standard InChI is InChI=1S/C26H31Cl2N5O3S/c1-15-22(21(30-32(15)3)14-37-13-16-11-17(12-27)33(4)29-16)23-20(28)9-8-19-18(7-6-10-34)25(26(35)36-5)31(2)24(19)23/h8-9,11,34H,6-7,10,12-14H2,1-5H3. The Hall–Kier alpha value is -2.46. The summed E-state index contributed by atoms with van der Waals surface area (Å²) in [5.41, 5.74) is 7.79. The normalized spacial score (nSPS) is 11.6. The molecule has 0 aliphatic rings. The van der Waals surface area contributed by atoms with Gasteiger partial charge in [0.25, 0.3) is 0 Å². The van der Waals surface area contributed by atoms with Crippen LogP contribution in [0.3, 0.4) is 0 Å². The van der Waals surface area contributed by atoms with Gasteiger partial charge in [0.05, 0.1) is 40.6 Å². The molecule has 0 saturated carbocycles. The summed E-state index contributed by atoms with van der Waals surface area (Å²) in [6.07, 6.45) is 1.08. The van der Waals surface area contributed by atoms with Gasteiger partial charge in [0.1, 0.15) is 5.69 Å². The summed E-state index contributed by atoms with van der Waals surface area (Å²) in [7, 11) is 7.05. The Kier molecular flexibility index (Phi) is 8.58. The molecule has 3 heterocycles. The first-order valence-corrected chi connectivity index (χ1v) is 14.0. The molecule has 0 fully saturated rings. The Morgan fingerprint density at radius 1 is 1.14 bits per heavy atom. The van der Waals surface area contributed by atoms with Gasteiger partial charge in [-0.05, 0) is 37.5 Å². The van der Waals surface area contributed by atoms with E-state index in [1.165, 1.54) is 7.11 Å². The number of benzene rings is 1. The number of alkyl halides is 1. The number of aliphatic hydroxyl groups is 1. The van der Waals surface area contributed by atoms with Crippen LogP contribution in [0.15, 0.2) is 18.2 Å². The first kappa shape index (κ1) is 27.6. The summed E-state index contributed by atoms with van der Waals surface area (Å²) in [5.74, 6) is 1.38. The third kappa shape index (κ3) is 5.14. The summed E-state index contributed by atoms with van der Waals surface area (Å²) >= 11 is 14.6. The first-order valence-electron chi connectivity index (χ1n) is 11.9. The van der Waals surface area contributed by atoms with Crippen LogP contribution >= 0.6 is 35.0 Å². The predicted octanol–water partition coefficient (Wildman–Crippen LogP) is 5.16. The second-order valence-corrected chi connectivity index (χ2v) is 10.6. The number of methoxy groups -OCH3 is 1. The van der Waals surface area contributed by atoms with Crippen molar-refractivity contribution in [2.75, 3.05) is 13.7 Å². The molecule has 1 aromatic carbocycles. The van der Waals surface area contributed by atoms with Crippen LogP contribution in [0.1, 0.15) is 45.2 Å². The summed E-state index contributed by atoms with van der Waals surface area (Å²) in [6.45, 7) is 2.05. The van der Waals surface area contributed by atoms with Gasteiger partial charge >= 0.3 is 5.97 Å². The SMILES string of the molecule is COC(=O)c1c(CCCO)c2ccc(Cl)c(-c3c(CSCc4cc(CCl)n(C)n4)nn(C)c3C)c2n1C. The zero-order valence-electron chi connectivity index (χ0n) is 21.6. The van der Waals surface area contributed by atoms with Crippen molar-refractivity contribution in [2.45, 2.75) is 37.2 Å². The molecular weight excluding hydrogens is 533 g/mol. The molecule has 0 aliphatic carbocycles. The monoisotopic (exact) mass is 563 g/mol. The van der Waals surface area contributed by atoms with Crippen molar-refractivity contribution in [2.24, 2.45) is 21.1 Å². The van der Waals surface area contributed by atoms with Crippen molar-refractivity contribution in [3.05, 3.63) is 57.3 Å². The number of rotatable bonds is 10. The van der Waals surface area contributed by atoms with Crippen molar-refractivity contribution in [1.29, 1.82) is 0 Å². The van der Waals surface area contributed by atoms with Gasteiger partial charge in [0, 0.05) is 61.5 Å². The van der Waals surface area contributed by atoms with E-state index in [0.717, 1.165) is 56.1 Å². The van der Waals surface area contributed by atoms with E-state index < -0.39 is 5.97 Å². The Morgan fingerprint density at radius 2 is 1.89 bits per heavy atom. The maximum absolute atomic E-state index is 12.8. The Balaban J connectivity index is 1.81. The molecule has 0 unspecified atom stereocenters. The Bertz CT molecular complexity index is 1460. The molecule has 4 rings (SSSR count). The van der Waals surface area contributed by atoms with Gasteiger partial charge in [-0.2, -0.15) is 10.2 Å². The fourth-order valence-electron chi connectivity index (χ4n) is 4.83. The summed E-state index contributed by atoms with van der Waals surface area (Å²) in [5, 5.41) is 20.3. The minimum atomic E-state index is -0.418. The second-order valence-electron chi connectivity index (χ2n) is 8.93. The van der Waals surface area contributed by atoms with Gasteiger partial charge in [-0.3, -0.25) is 9.36 Å². The van der Waals surface area contributed by atoms with Crippen LogP contribution in [-0.4, -0.2) is 48.9 Å². The zero-order chi connectivity index (χ0) is 26.9. The third-order valence-electron chi connectivity index (χ3n) is 6.68. The number of aliphatic hydroxyl groups excluding tert-OH is 1. The molecule has 0 spiro atoms. The number of nitrogens with zero attached hydrogens (tertiary/aromatic N) is 5. The van der Waals surface area contributed by atoms with Crippen molar-refractivity contribution in [3.63, 3.8) is 0 Å². The first-order chi connectivity index (χ1) is 17.7. The number of halogens is 2. The van der Waals surface area contributed by atoms with E-state index in [4.69, 9.17) is 33.0 Å². The number of carbonyl (C=O) groups is 1. The number of hydrogen-bond donors (Lipinski definition) is 1. The molecule has 0 saturated heterocycles. The fourth-order valence-corrected chi connectivity index (χ4v) is 6.17. The van der Waals surface area contributed by atoms with Gasteiger partial charge in [-0.1, -0.05) is 17.7 Å². The smallest absolute Gasteiger partial charge is 0.354 e. The highest BCUT2D eigenvalue weighted by Gasteiger charge is 2.27. The average Bonchev–Trinajstić information content (AvgIpc) is 3.48. The molecule has 3 aromatic heterocycles. The molecule has 0 bridgehead atoms. The summed E-state index contributed by atoms with van der Waals surface area (Å²) in [6, 6.07) is 5.83. The number of thioether (sulfide) groups is 1. The molecule has 0 amide bonds. The van der Waals surface area contributed by atoms with Gasteiger partial charge in [-0.15, -0.1) is 23.4 Å². The number of fused-ring (bicyclic) bond motifs is 1.